The number of rotatable bonds is 26. The number of amides is 2. The zero-order chi connectivity index (χ0) is 54.4. The highest BCUT2D eigenvalue weighted by Crippen LogP contribution is 2.25. The van der Waals surface area contributed by atoms with E-state index in [-0.39, 0.29) is 78.0 Å². The molecule has 0 aromatic heterocycles. The van der Waals surface area contributed by atoms with Crippen LogP contribution in [0.4, 0.5) is 9.59 Å². The second-order valence-corrected chi connectivity index (χ2v) is 28.2. The SMILES string of the molecule is Cc1ccc(S(=O)(=O)C(CCCCCCCN(CCCCN(C(=O)OC(C)(C)C)S(=O)(=O)c2ccc(C)cc2)S(=O)(=O)c2ccc(C)cc2)NCCCN(C(=O)OC(C)(C)C)S(=O)(=O)c2ccc(C)cc2)cc1. The summed E-state index contributed by atoms with van der Waals surface area (Å²) in [6.45, 7) is 16.9. The average Bonchev–Trinajstić information content (AvgIpc) is 3.28. The van der Waals surface area contributed by atoms with Crippen molar-refractivity contribution in [3.05, 3.63) is 119 Å². The van der Waals surface area contributed by atoms with Gasteiger partial charge in [-0.1, -0.05) is 96.5 Å². The average molecular weight is 1090 g/mol. The van der Waals surface area contributed by atoms with E-state index in [2.05, 4.69) is 5.32 Å². The predicted molar refractivity (Wildman–Crippen MR) is 284 cm³/mol. The van der Waals surface area contributed by atoms with Crippen LogP contribution in [0.15, 0.2) is 117 Å². The molecule has 1 unspecified atom stereocenters. The molecule has 404 valence electrons. The molecule has 4 aromatic rings. The number of carbonyl (C=O) groups is 2. The topological polar surface area (TPSA) is 211 Å². The Morgan fingerprint density at radius 2 is 0.753 bits per heavy atom. The van der Waals surface area contributed by atoms with Gasteiger partial charge in [0.15, 0.2) is 9.84 Å². The monoisotopic (exact) mass is 1090 g/mol. The summed E-state index contributed by atoms with van der Waals surface area (Å²) in [5.74, 6) is 0. The molecule has 16 nitrogen and oxygen atoms in total. The normalized spacial score (nSPS) is 13.1. The lowest BCUT2D eigenvalue weighted by Gasteiger charge is -2.27. The van der Waals surface area contributed by atoms with Crippen molar-refractivity contribution in [3.63, 3.8) is 0 Å². The molecular formula is C53H76N4O12S4. The highest BCUT2D eigenvalue weighted by molar-refractivity contribution is 7.92. The summed E-state index contributed by atoms with van der Waals surface area (Å²) in [4.78, 5) is 26.7. The number of nitrogens with one attached hydrogen (secondary N) is 1. The van der Waals surface area contributed by atoms with Crippen LogP contribution >= 0.6 is 0 Å². The van der Waals surface area contributed by atoms with Gasteiger partial charge >= 0.3 is 12.2 Å². The van der Waals surface area contributed by atoms with Crippen LogP contribution in [0.5, 0.6) is 0 Å². The first-order valence-corrected chi connectivity index (χ1v) is 30.6. The molecule has 20 heteroatoms. The van der Waals surface area contributed by atoms with E-state index in [1.165, 1.54) is 28.6 Å². The van der Waals surface area contributed by atoms with E-state index in [9.17, 15) is 43.3 Å². The van der Waals surface area contributed by atoms with E-state index in [0.29, 0.717) is 40.7 Å². The number of hydrogen-bond acceptors (Lipinski definition) is 13. The van der Waals surface area contributed by atoms with Crippen molar-refractivity contribution < 1.29 is 52.7 Å². The van der Waals surface area contributed by atoms with Gasteiger partial charge in [-0.2, -0.15) is 4.31 Å². The van der Waals surface area contributed by atoms with E-state index < -0.39 is 68.7 Å². The molecule has 2 amide bonds. The number of unbranched alkanes of at least 4 members (excludes halogenated alkanes) is 5. The van der Waals surface area contributed by atoms with Gasteiger partial charge in [0.1, 0.15) is 16.6 Å². The fraction of sp³-hybridized carbons (Fsp3) is 0.509. The highest BCUT2D eigenvalue weighted by atomic mass is 32.2. The molecule has 1 N–H and O–H groups in total. The maximum Gasteiger partial charge on any atom is 0.424 e. The molecule has 0 saturated carbocycles. The van der Waals surface area contributed by atoms with Crippen LogP contribution in [0.25, 0.3) is 0 Å². The summed E-state index contributed by atoms with van der Waals surface area (Å²) < 4.78 is 125. The van der Waals surface area contributed by atoms with Gasteiger partial charge in [-0.3, -0.25) is 0 Å². The minimum absolute atomic E-state index is 0.0561. The summed E-state index contributed by atoms with van der Waals surface area (Å²) in [6.07, 6.45) is 1.53. The Morgan fingerprint density at radius 1 is 0.438 bits per heavy atom. The molecule has 0 aliphatic rings. The zero-order valence-corrected chi connectivity index (χ0v) is 47.4. The third-order valence-electron chi connectivity index (χ3n) is 11.6. The van der Waals surface area contributed by atoms with Crippen molar-refractivity contribution >= 4 is 52.1 Å². The van der Waals surface area contributed by atoms with Gasteiger partial charge in [-0.25, -0.2) is 51.9 Å². The first kappa shape index (κ1) is 60.7. The number of benzene rings is 4. The Hall–Kier alpha value is -4.86. The molecular weight excluding hydrogens is 1010 g/mol. The maximum absolute atomic E-state index is 14.1. The molecule has 4 rings (SSSR count). The molecule has 0 radical (unpaired) electrons. The Kier molecular flexibility index (Phi) is 21.7. The third-order valence-corrected chi connectivity index (χ3v) is 19.2. The second-order valence-electron chi connectivity index (χ2n) is 20.4. The zero-order valence-electron chi connectivity index (χ0n) is 44.1. The van der Waals surface area contributed by atoms with Crippen LogP contribution < -0.4 is 5.32 Å². The van der Waals surface area contributed by atoms with E-state index in [4.69, 9.17) is 9.47 Å². The van der Waals surface area contributed by atoms with E-state index in [0.717, 1.165) is 22.3 Å². The fourth-order valence-corrected chi connectivity index (χ4v) is 13.4. The fourth-order valence-electron chi connectivity index (χ4n) is 7.57. The molecule has 1 atom stereocenters. The quantitative estimate of drug-likeness (QED) is 0.0581. The highest BCUT2D eigenvalue weighted by Gasteiger charge is 2.35. The van der Waals surface area contributed by atoms with Crippen LogP contribution in [0.2, 0.25) is 0 Å². The molecule has 0 aliphatic heterocycles. The van der Waals surface area contributed by atoms with Crippen molar-refractivity contribution in [2.24, 2.45) is 0 Å². The van der Waals surface area contributed by atoms with Crippen LogP contribution in [0, 0.1) is 27.7 Å². The van der Waals surface area contributed by atoms with Crippen LogP contribution in [-0.4, -0.2) is 108 Å². The molecule has 4 aromatic carbocycles. The van der Waals surface area contributed by atoms with Crippen molar-refractivity contribution in [2.45, 2.75) is 163 Å². The lowest BCUT2D eigenvalue weighted by atomic mass is 10.1. The number of nitrogens with zero attached hydrogens (tertiary/aromatic N) is 3. The Morgan fingerprint density at radius 3 is 1.15 bits per heavy atom. The Bertz CT molecular complexity index is 2680. The number of ether oxygens (including phenoxy) is 2. The summed E-state index contributed by atoms with van der Waals surface area (Å²) >= 11 is 0. The van der Waals surface area contributed by atoms with Crippen molar-refractivity contribution in [1.82, 2.24) is 18.2 Å². The first-order chi connectivity index (χ1) is 33.9. The summed E-state index contributed by atoms with van der Waals surface area (Å²) in [7, 11) is -16.5. The van der Waals surface area contributed by atoms with Crippen molar-refractivity contribution in [3.8, 4) is 0 Å². The Balaban J connectivity index is 1.42. The molecule has 0 bridgehead atoms. The summed E-state index contributed by atoms with van der Waals surface area (Å²) in [5.41, 5.74) is 1.51. The standard InChI is InChI=1S/C53H76N4O12S4/c1-41-20-28-45(29-21-41)70(60,61)49(54-36-18-40-57(51(59)69-53(8,9)10)73(66,67)48-34-26-44(4)27-35-48)19-14-12-11-13-15-37-55(71(62,63)46-30-22-42(2)23-31-46)38-16-17-39-56(50(58)68-52(5,6)7)72(64,65)47-32-24-43(3)25-33-47/h20-35,49,54H,11-19,36-40H2,1-10H3. The van der Waals surface area contributed by atoms with Gasteiger partial charge < -0.3 is 14.8 Å². The lowest BCUT2D eigenvalue weighted by Crippen LogP contribution is -2.43. The molecule has 0 heterocycles. The lowest BCUT2D eigenvalue weighted by molar-refractivity contribution is 0.0376. The van der Waals surface area contributed by atoms with Crippen molar-refractivity contribution in [1.29, 1.82) is 0 Å². The minimum atomic E-state index is -4.31. The smallest absolute Gasteiger partial charge is 0.424 e. The van der Waals surface area contributed by atoms with Crippen LogP contribution in [-0.2, 0) is 49.4 Å². The first-order valence-electron chi connectivity index (χ1n) is 24.7. The van der Waals surface area contributed by atoms with Crippen LogP contribution in [0.3, 0.4) is 0 Å². The second kappa shape index (κ2) is 26.1. The third kappa shape index (κ3) is 18.2. The number of sulfone groups is 1. The molecule has 0 spiro atoms. The van der Waals surface area contributed by atoms with Crippen molar-refractivity contribution in [2.75, 3.05) is 32.7 Å². The van der Waals surface area contributed by atoms with E-state index >= 15 is 0 Å². The van der Waals surface area contributed by atoms with Gasteiger partial charge in [0.2, 0.25) is 10.0 Å². The van der Waals surface area contributed by atoms with E-state index in [1.54, 1.807) is 114 Å². The molecule has 0 saturated heterocycles. The number of aryl methyl sites for hydroxylation is 4. The van der Waals surface area contributed by atoms with E-state index in [1.807, 2.05) is 27.7 Å². The number of hydrogen-bond donors (Lipinski definition) is 1. The number of carbonyl (C=O) groups excluding carboxylic acids is 2. The van der Waals surface area contributed by atoms with Crippen LogP contribution in [0.1, 0.15) is 122 Å². The largest absolute Gasteiger partial charge is 0.443 e. The Labute approximate surface area is 435 Å². The van der Waals surface area contributed by atoms with Gasteiger partial charge in [-0.15, -0.1) is 0 Å². The van der Waals surface area contributed by atoms with Gasteiger partial charge in [-0.05, 0) is 156 Å². The summed E-state index contributed by atoms with van der Waals surface area (Å²) in [6, 6.07) is 25.3. The maximum atomic E-state index is 14.1. The molecule has 0 aliphatic carbocycles. The minimum Gasteiger partial charge on any atom is -0.443 e. The number of sulfonamides is 3. The van der Waals surface area contributed by atoms with Gasteiger partial charge in [0.25, 0.3) is 20.0 Å². The summed E-state index contributed by atoms with van der Waals surface area (Å²) in [5, 5.41) is 2.10. The predicted octanol–water partition coefficient (Wildman–Crippen LogP) is 10.1. The van der Waals surface area contributed by atoms with Gasteiger partial charge in [0.05, 0.1) is 19.6 Å². The molecule has 0 fully saturated rings. The van der Waals surface area contributed by atoms with Gasteiger partial charge in [0, 0.05) is 26.2 Å². The molecule has 73 heavy (non-hydrogen) atoms.